The van der Waals surface area contributed by atoms with E-state index in [1.807, 2.05) is 19.1 Å². The van der Waals surface area contributed by atoms with Gasteiger partial charge in [0, 0.05) is 5.69 Å². The second-order valence-corrected chi connectivity index (χ2v) is 3.53. The molecule has 0 radical (unpaired) electrons. The maximum Gasteiger partial charge on any atom is 0.340 e. The van der Waals surface area contributed by atoms with Crippen LogP contribution in [0.1, 0.15) is 35.7 Å². The molecule has 1 rings (SSSR count). The lowest BCUT2D eigenvalue weighted by atomic mass is 10.1. The zero-order chi connectivity index (χ0) is 11.3. The molecule has 0 saturated heterocycles. The lowest BCUT2D eigenvalue weighted by molar-refractivity contribution is 0.0500. The molecule has 0 aromatic heterocycles. The molecule has 0 aliphatic carbocycles. The predicted molar refractivity (Wildman–Crippen MR) is 60.8 cm³/mol. The smallest absolute Gasteiger partial charge is 0.340 e. The maximum absolute atomic E-state index is 11.7. The molecule has 2 N–H and O–H groups in total. The minimum absolute atomic E-state index is 0.320. The van der Waals surface area contributed by atoms with Crippen LogP contribution in [-0.2, 0) is 4.74 Å². The topological polar surface area (TPSA) is 52.3 Å². The third-order valence-corrected chi connectivity index (χ3v) is 2.24. The molecule has 0 aliphatic heterocycles. The molecular weight excluding hydrogens is 190 g/mol. The fraction of sp³-hybridized carbons (Fsp3) is 0.417. The molecule has 0 fully saturated rings. The van der Waals surface area contributed by atoms with Crippen molar-refractivity contribution < 1.29 is 9.53 Å². The fourth-order valence-corrected chi connectivity index (χ4v) is 1.35. The quantitative estimate of drug-likeness (QED) is 0.469. The minimum Gasteiger partial charge on any atom is -0.462 e. The molecule has 0 aliphatic rings. The van der Waals surface area contributed by atoms with Crippen molar-refractivity contribution >= 4 is 11.7 Å². The van der Waals surface area contributed by atoms with Crippen molar-refractivity contribution in [2.24, 2.45) is 0 Å². The highest BCUT2D eigenvalue weighted by Crippen LogP contribution is 2.17. The van der Waals surface area contributed by atoms with Gasteiger partial charge < -0.3 is 10.5 Å². The van der Waals surface area contributed by atoms with Gasteiger partial charge in [-0.25, -0.2) is 4.79 Å². The Bertz CT molecular complexity index is 327. The van der Waals surface area contributed by atoms with Gasteiger partial charge in [0.2, 0.25) is 0 Å². The van der Waals surface area contributed by atoms with Crippen LogP contribution in [0.3, 0.4) is 0 Å². The number of unbranched alkanes of at least 4 members (excludes halogenated alkanes) is 1. The third kappa shape index (κ3) is 2.98. The van der Waals surface area contributed by atoms with E-state index in [4.69, 9.17) is 10.5 Å². The van der Waals surface area contributed by atoms with Gasteiger partial charge in [-0.3, -0.25) is 0 Å². The number of nitrogens with two attached hydrogens (primary N) is 1. The average Bonchev–Trinajstić information content (AvgIpc) is 2.18. The molecule has 1 aromatic carbocycles. The molecule has 1 aromatic rings. The third-order valence-electron chi connectivity index (χ3n) is 2.24. The minimum atomic E-state index is -0.320. The summed E-state index contributed by atoms with van der Waals surface area (Å²) in [5.41, 5.74) is 7.56. The largest absolute Gasteiger partial charge is 0.462 e. The van der Waals surface area contributed by atoms with Gasteiger partial charge in [-0.2, -0.15) is 0 Å². The Hall–Kier alpha value is -1.51. The SMILES string of the molecule is CCCCOC(=O)c1c(C)cccc1N. The van der Waals surface area contributed by atoms with Crippen molar-refractivity contribution in [3.63, 3.8) is 0 Å². The first-order chi connectivity index (χ1) is 7.16. The van der Waals surface area contributed by atoms with Gasteiger partial charge in [-0.15, -0.1) is 0 Å². The highest BCUT2D eigenvalue weighted by Gasteiger charge is 2.13. The maximum atomic E-state index is 11.7. The summed E-state index contributed by atoms with van der Waals surface area (Å²) in [7, 11) is 0. The first-order valence-corrected chi connectivity index (χ1v) is 5.19. The van der Waals surface area contributed by atoms with Crippen LogP contribution >= 0.6 is 0 Å². The second-order valence-electron chi connectivity index (χ2n) is 3.53. The summed E-state index contributed by atoms with van der Waals surface area (Å²) in [5, 5.41) is 0. The normalized spacial score (nSPS) is 10.0. The monoisotopic (exact) mass is 207 g/mol. The number of carbonyl (C=O) groups excluding carboxylic acids is 1. The first-order valence-electron chi connectivity index (χ1n) is 5.19. The number of nitrogen functional groups attached to an aromatic ring is 1. The summed E-state index contributed by atoms with van der Waals surface area (Å²) in [4.78, 5) is 11.7. The lowest BCUT2D eigenvalue weighted by Gasteiger charge is -2.08. The Morgan fingerprint density at radius 1 is 1.47 bits per heavy atom. The van der Waals surface area contributed by atoms with Crippen LogP contribution in [0.4, 0.5) is 5.69 Å². The van der Waals surface area contributed by atoms with Gasteiger partial charge in [-0.05, 0) is 25.0 Å². The van der Waals surface area contributed by atoms with E-state index in [0.717, 1.165) is 18.4 Å². The summed E-state index contributed by atoms with van der Waals surface area (Å²) in [6, 6.07) is 5.39. The van der Waals surface area contributed by atoms with Crippen molar-refractivity contribution in [3.05, 3.63) is 29.3 Å². The van der Waals surface area contributed by atoms with Gasteiger partial charge in [-0.1, -0.05) is 25.5 Å². The zero-order valence-corrected chi connectivity index (χ0v) is 9.25. The number of anilines is 1. The summed E-state index contributed by atoms with van der Waals surface area (Å²) >= 11 is 0. The van der Waals surface area contributed by atoms with Crippen LogP contribution in [0.5, 0.6) is 0 Å². The van der Waals surface area contributed by atoms with Gasteiger partial charge in [0.05, 0.1) is 12.2 Å². The molecule has 3 heteroatoms. The summed E-state index contributed by atoms with van der Waals surface area (Å²) in [5.74, 6) is -0.320. The molecule has 0 unspecified atom stereocenters. The van der Waals surface area contributed by atoms with Crippen LogP contribution in [0, 0.1) is 6.92 Å². The highest BCUT2D eigenvalue weighted by molar-refractivity contribution is 5.96. The number of rotatable bonds is 4. The highest BCUT2D eigenvalue weighted by atomic mass is 16.5. The standard InChI is InChI=1S/C12H17NO2/c1-3-4-8-15-12(14)11-9(2)6-5-7-10(11)13/h5-7H,3-4,8,13H2,1-2H3. The van der Waals surface area contributed by atoms with Crippen molar-refractivity contribution in [2.45, 2.75) is 26.7 Å². The summed E-state index contributed by atoms with van der Waals surface area (Å²) < 4.78 is 5.11. The Morgan fingerprint density at radius 3 is 2.80 bits per heavy atom. The van der Waals surface area contributed by atoms with Crippen molar-refractivity contribution in [1.82, 2.24) is 0 Å². The molecule has 15 heavy (non-hydrogen) atoms. The molecule has 0 amide bonds. The molecule has 0 atom stereocenters. The van der Waals surface area contributed by atoms with Gasteiger partial charge in [0.25, 0.3) is 0 Å². The van der Waals surface area contributed by atoms with E-state index in [2.05, 4.69) is 6.92 Å². The van der Waals surface area contributed by atoms with Crippen LogP contribution in [0.15, 0.2) is 18.2 Å². The van der Waals surface area contributed by atoms with Crippen LogP contribution in [0.2, 0.25) is 0 Å². The molecule has 0 saturated carbocycles. The predicted octanol–water partition coefficient (Wildman–Crippen LogP) is 2.53. The van der Waals surface area contributed by atoms with E-state index in [1.165, 1.54) is 0 Å². The van der Waals surface area contributed by atoms with E-state index in [-0.39, 0.29) is 5.97 Å². The molecular formula is C12H17NO2. The van der Waals surface area contributed by atoms with Gasteiger partial charge >= 0.3 is 5.97 Å². The average molecular weight is 207 g/mol. The van der Waals surface area contributed by atoms with Crippen molar-refractivity contribution in [3.8, 4) is 0 Å². The fourth-order valence-electron chi connectivity index (χ4n) is 1.35. The number of hydrogen-bond acceptors (Lipinski definition) is 3. The molecule has 0 spiro atoms. The van der Waals surface area contributed by atoms with Crippen LogP contribution < -0.4 is 5.73 Å². The van der Waals surface area contributed by atoms with Crippen molar-refractivity contribution in [2.75, 3.05) is 12.3 Å². The first kappa shape index (κ1) is 11.6. The van der Waals surface area contributed by atoms with Crippen LogP contribution in [-0.4, -0.2) is 12.6 Å². The molecule has 0 bridgehead atoms. The Balaban J connectivity index is 2.73. The Kier molecular flexibility index (Phi) is 4.16. The lowest BCUT2D eigenvalue weighted by Crippen LogP contribution is -2.10. The number of benzene rings is 1. The molecule has 0 heterocycles. The van der Waals surface area contributed by atoms with Gasteiger partial charge in [0.1, 0.15) is 0 Å². The number of hydrogen-bond donors (Lipinski definition) is 1. The number of esters is 1. The zero-order valence-electron chi connectivity index (χ0n) is 9.25. The van der Waals surface area contributed by atoms with Crippen molar-refractivity contribution in [1.29, 1.82) is 0 Å². The molecule has 3 nitrogen and oxygen atoms in total. The number of aryl methyl sites for hydroxylation is 1. The van der Waals surface area contributed by atoms with Crippen LogP contribution in [0.25, 0.3) is 0 Å². The number of ether oxygens (including phenoxy) is 1. The summed E-state index contributed by atoms with van der Waals surface area (Å²) in [6.45, 7) is 4.37. The second kappa shape index (κ2) is 5.39. The Morgan fingerprint density at radius 2 is 2.20 bits per heavy atom. The molecule has 82 valence electrons. The van der Waals surface area contributed by atoms with E-state index in [9.17, 15) is 4.79 Å². The van der Waals surface area contributed by atoms with E-state index in [1.54, 1.807) is 6.07 Å². The van der Waals surface area contributed by atoms with E-state index >= 15 is 0 Å². The van der Waals surface area contributed by atoms with E-state index < -0.39 is 0 Å². The summed E-state index contributed by atoms with van der Waals surface area (Å²) in [6.07, 6.45) is 1.90. The Labute approximate surface area is 90.2 Å². The number of carbonyl (C=O) groups is 1. The van der Waals surface area contributed by atoms with Gasteiger partial charge in [0.15, 0.2) is 0 Å². The van der Waals surface area contributed by atoms with E-state index in [0.29, 0.717) is 17.9 Å².